The third-order valence-corrected chi connectivity index (χ3v) is 6.53. The van der Waals surface area contributed by atoms with E-state index in [9.17, 15) is 9.59 Å². The van der Waals surface area contributed by atoms with Gasteiger partial charge in [0.2, 0.25) is 5.90 Å². The maximum absolute atomic E-state index is 13.0. The van der Waals surface area contributed by atoms with Gasteiger partial charge >= 0.3 is 5.69 Å². The molecule has 0 radical (unpaired) electrons. The third-order valence-electron chi connectivity index (χ3n) is 6.53. The maximum atomic E-state index is 13.0. The van der Waals surface area contributed by atoms with Gasteiger partial charge in [-0.25, -0.2) is 14.8 Å². The predicted molar refractivity (Wildman–Crippen MR) is 133 cm³/mol. The second-order valence-corrected chi connectivity index (χ2v) is 8.81. The van der Waals surface area contributed by atoms with E-state index in [1.807, 2.05) is 54.8 Å². The molecule has 0 amide bonds. The summed E-state index contributed by atoms with van der Waals surface area (Å²) >= 11 is 0. The highest BCUT2D eigenvalue weighted by atomic mass is 16.5. The molecule has 0 unspecified atom stereocenters. The van der Waals surface area contributed by atoms with Crippen molar-refractivity contribution >= 4 is 22.6 Å². The van der Waals surface area contributed by atoms with Crippen LogP contribution in [0.3, 0.4) is 0 Å². The fourth-order valence-corrected chi connectivity index (χ4v) is 4.48. The third kappa shape index (κ3) is 4.16. The number of hydrogen-bond donors (Lipinski definition) is 1. The van der Waals surface area contributed by atoms with E-state index in [0.29, 0.717) is 36.0 Å². The Morgan fingerprint density at radius 1 is 1.15 bits per heavy atom. The second kappa shape index (κ2) is 9.29. The van der Waals surface area contributed by atoms with Crippen molar-refractivity contribution in [2.24, 2.45) is 4.99 Å². The SMILES string of the molecule is CCn1c(=O)[nH]c(=O)c2c1nc(/C1=C(C)/N=C(OC3CCC3)\C=C/CC1)n2Cc1ccccc1. The molecule has 0 spiro atoms. The van der Waals surface area contributed by atoms with Gasteiger partial charge in [0, 0.05) is 24.4 Å². The molecule has 34 heavy (non-hydrogen) atoms. The molecule has 1 N–H and O–H groups in total. The monoisotopic (exact) mass is 459 g/mol. The molecule has 2 aromatic heterocycles. The number of nitrogens with one attached hydrogen (secondary N) is 1. The molecular formula is C26H29N5O3. The van der Waals surface area contributed by atoms with Crippen LogP contribution in [-0.2, 0) is 17.8 Å². The number of rotatable bonds is 5. The summed E-state index contributed by atoms with van der Waals surface area (Å²) in [7, 11) is 0. The molecule has 1 fully saturated rings. The molecule has 0 bridgehead atoms. The Labute approximate surface area is 197 Å². The molecule has 0 saturated heterocycles. The van der Waals surface area contributed by atoms with Gasteiger partial charge in [-0.1, -0.05) is 36.4 Å². The standard InChI is InChI=1S/C26H29N5O3/c1-3-30-24-22(25(32)29-26(30)33)31(16-18-10-5-4-6-11-18)23(28-24)20-14-7-8-15-21(27-17(20)2)34-19-12-9-13-19/h4-6,8,10-11,15,19H,3,7,9,12-14,16H2,1-2H3,(H,29,32,33)/b15-8-,20-17+,27-21+. The molecule has 3 aromatic rings. The van der Waals surface area contributed by atoms with Gasteiger partial charge in [-0.3, -0.25) is 14.3 Å². The van der Waals surface area contributed by atoms with E-state index in [1.165, 1.54) is 11.0 Å². The molecule has 0 atom stereocenters. The first-order valence-corrected chi connectivity index (χ1v) is 11.9. The van der Waals surface area contributed by atoms with Crippen molar-refractivity contribution < 1.29 is 4.74 Å². The summed E-state index contributed by atoms with van der Waals surface area (Å²) in [6.45, 7) is 4.70. The second-order valence-electron chi connectivity index (χ2n) is 8.81. The number of ether oxygens (including phenoxy) is 1. The Balaban J connectivity index is 1.70. The van der Waals surface area contributed by atoms with Crippen LogP contribution in [0.1, 0.15) is 57.3 Å². The lowest BCUT2D eigenvalue weighted by Crippen LogP contribution is -2.30. The number of imidazole rings is 1. The summed E-state index contributed by atoms with van der Waals surface area (Å²) in [6, 6.07) is 9.94. The molecular weight excluding hydrogens is 430 g/mol. The minimum atomic E-state index is -0.448. The van der Waals surface area contributed by atoms with Gasteiger partial charge in [-0.2, -0.15) is 0 Å². The molecule has 8 nitrogen and oxygen atoms in total. The van der Waals surface area contributed by atoms with Gasteiger partial charge in [0.1, 0.15) is 11.9 Å². The summed E-state index contributed by atoms with van der Waals surface area (Å²) in [4.78, 5) is 37.6. The van der Waals surface area contributed by atoms with Crippen molar-refractivity contribution in [1.82, 2.24) is 19.1 Å². The average molecular weight is 460 g/mol. The van der Waals surface area contributed by atoms with Gasteiger partial charge in [-0.15, -0.1) is 0 Å². The molecule has 2 aliphatic rings. The van der Waals surface area contributed by atoms with Crippen molar-refractivity contribution in [2.75, 3.05) is 0 Å². The zero-order valence-corrected chi connectivity index (χ0v) is 19.6. The lowest BCUT2D eigenvalue weighted by molar-refractivity contribution is 0.109. The van der Waals surface area contributed by atoms with E-state index in [4.69, 9.17) is 14.7 Å². The van der Waals surface area contributed by atoms with Crippen molar-refractivity contribution in [3.05, 3.63) is 80.4 Å². The van der Waals surface area contributed by atoms with E-state index in [1.54, 1.807) is 0 Å². The Morgan fingerprint density at radius 2 is 1.94 bits per heavy atom. The topological polar surface area (TPSA) is 94.3 Å². The quantitative estimate of drug-likeness (QED) is 0.624. The molecule has 3 heterocycles. The van der Waals surface area contributed by atoms with Crippen LogP contribution in [0.5, 0.6) is 0 Å². The van der Waals surface area contributed by atoms with Crippen LogP contribution < -0.4 is 11.2 Å². The van der Waals surface area contributed by atoms with Gasteiger partial charge < -0.3 is 9.30 Å². The molecule has 5 rings (SSSR count). The van der Waals surface area contributed by atoms with Crippen LogP contribution in [0.15, 0.2) is 62.8 Å². The van der Waals surface area contributed by atoms with Gasteiger partial charge in [0.15, 0.2) is 11.2 Å². The summed E-state index contributed by atoms with van der Waals surface area (Å²) in [5.41, 5.74) is 2.71. The zero-order valence-electron chi connectivity index (χ0n) is 19.6. The summed E-state index contributed by atoms with van der Waals surface area (Å²) in [6.07, 6.45) is 9.09. The van der Waals surface area contributed by atoms with Gasteiger partial charge in [0.25, 0.3) is 5.56 Å². The number of aryl methyl sites for hydroxylation is 1. The molecule has 1 saturated carbocycles. The molecule has 8 heteroatoms. The molecule has 1 aliphatic carbocycles. The molecule has 1 aromatic carbocycles. The summed E-state index contributed by atoms with van der Waals surface area (Å²) in [5, 5.41) is 0. The number of aliphatic imine (C=N–C) groups is 1. The maximum Gasteiger partial charge on any atom is 0.330 e. The van der Waals surface area contributed by atoms with Crippen molar-refractivity contribution in [1.29, 1.82) is 0 Å². The van der Waals surface area contributed by atoms with E-state index in [2.05, 4.69) is 11.1 Å². The van der Waals surface area contributed by atoms with Gasteiger partial charge in [0.05, 0.1) is 0 Å². The summed E-state index contributed by atoms with van der Waals surface area (Å²) < 4.78 is 9.50. The van der Waals surface area contributed by atoms with E-state index >= 15 is 0 Å². The number of aromatic amines is 1. The fourth-order valence-electron chi connectivity index (χ4n) is 4.48. The van der Waals surface area contributed by atoms with Crippen LogP contribution >= 0.6 is 0 Å². The largest absolute Gasteiger partial charge is 0.474 e. The van der Waals surface area contributed by atoms with Crippen LogP contribution in [0.25, 0.3) is 16.7 Å². The number of benzene rings is 1. The molecule has 1 aliphatic heterocycles. The van der Waals surface area contributed by atoms with Crippen LogP contribution in [-0.4, -0.2) is 31.1 Å². The van der Waals surface area contributed by atoms with Crippen molar-refractivity contribution in [3.8, 4) is 0 Å². The van der Waals surface area contributed by atoms with Crippen molar-refractivity contribution in [3.63, 3.8) is 0 Å². The first kappa shape index (κ1) is 22.1. The fraction of sp³-hybridized carbons (Fsp3) is 0.385. The smallest absolute Gasteiger partial charge is 0.330 e. The Morgan fingerprint density at radius 3 is 2.65 bits per heavy atom. The number of fused-ring (bicyclic) bond motifs is 1. The number of hydrogen-bond acceptors (Lipinski definition) is 5. The van der Waals surface area contributed by atoms with E-state index in [-0.39, 0.29) is 6.10 Å². The zero-order chi connectivity index (χ0) is 23.7. The predicted octanol–water partition coefficient (Wildman–Crippen LogP) is 4.00. The Hall–Kier alpha value is -3.68. The van der Waals surface area contributed by atoms with Crippen LogP contribution in [0.2, 0.25) is 0 Å². The van der Waals surface area contributed by atoms with Crippen LogP contribution in [0.4, 0.5) is 0 Å². The first-order chi connectivity index (χ1) is 16.5. The minimum Gasteiger partial charge on any atom is -0.474 e. The van der Waals surface area contributed by atoms with E-state index < -0.39 is 11.2 Å². The lowest BCUT2D eigenvalue weighted by atomic mass is 9.96. The number of H-pyrrole nitrogens is 1. The normalized spacial score (nSPS) is 21.4. The molecule has 176 valence electrons. The average Bonchev–Trinajstić information content (AvgIpc) is 3.14. The van der Waals surface area contributed by atoms with Crippen LogP contribution in [0, 0.1) is 0 Å². The number of nitrogens with zero attached hydrogens (tertiary/aromatic N) is 4. The Kier molecular flexibility index (Phi) is 6.04. The summed E-state index contributed by atoms with van der Waals surface area (Å²) in [5.74, 6) is 1.28. The highest BCUT2D eigenvalue weighted by molar-refractivity contribution is 5.90. The lowest BCUT2D eigenvalue weighted by Gasteiger charge is -2.26. The van der Waals surface area contributed by atoms with Gasteiger partial charge in [-0.05, 0) is 57.6 Å². The number of aromatic nitrogens is 4. The van der Waals surface area contributed by atoms with E-state index in [0.717, 1.165) is 42.5 Å². The highest BCUT2D eigenvalue weighted by Crippen LogP contribution is 2.30. The Bertz CT molecular complexity index is 1420. The van der Waals surface area contributed by atoms with Crippen molar-refractivity contribution in [2.45, 2.75) is 65.1 Å². The first-order valence-electron chi connectivity index (χ1n) is 11.9. The minimum absolute atomic E-state index is 0.235. The highest BCUT2D eigenvalue weighted by Gasteiger charge is 2.24. The number of allylic oxidation sites excluding steroid dienone is 3.